The molecule has 4 aromatic rings. The third-order valence-electron chi connectivity index (χ3n) is 6.06. The van der Waals surface area contributed by atoms with Gasteiger partial charge in [0.25, 0.3) is 5.56 Å². The molecule has 1 saturated carbocycles. The molecule has 0 N–H and O–H groups in total. The van der Waals surface area contributed by atoms with Gasteiger partial charge in [0.1, 0.15) is 12.9 Å². The van der Waals surface area contributed by atoms with E-state index in [1.54, 1.807) is 6.20 Å². The third-order valence-corrected chi connectivity index (χ3v) is 6.06. The number of rotatable bonds is 3. The lowest BCUT2D eigenvalue weighted by Gasteiger charge is -2.05. The summed E-state index contributed by atoms with van der Waals surface area (Å²) in [5.41, 5.74) is 4.02. The van der Waals surface area contributed by atoms with Crippen molar-refractivity contribution in [2.45, 2.75) is 31.7 Å². The van der Waals surface area contributed by atoms with Gasteiger partial charge in [0, 0.05) is 12.1 Å². The standard InChI is InChI=1S/C21H17N5O2/c1-11-6-7-22-19-16(11)21(27)26(10-23-19)9-15-24-20(25-28-15)18-14-8-12-4-2-3-5-13(12)17(14)18/h2-7,10,14,17-18H,8-9H2,1H3. The van der Waals surface area contributed by atoms with Gasteiger partial charge in [-0.05, 0) is 47.9 Å². The first-order valence-corrected chi connectivity index (χ1v) is 9.42. The second-order valence-corrected chi connectivity index (χ2v) is 7.67. The van der Waals surface area contributed by atoms with Crippen molar-refractivity contribution in [1.82, 2.24) is 24.7 Å². The number of aromatic nitrogens is 5. The average molecular weight is 371 g/mol. The Morgan fingerprint density at radius 1 is 1.18 bits per heavy atom. The van der Waals surface area contributed by atoms with Gasteiger partial charge in [-0.3, -0.25) is 9.36 Å². The highest BCUT2D eigenvalue weighted by atomic mass is 16.5. The first kappa shape index (κ1) is 15.7. The minimum atomic E-state index is -0.146. The van der Waals surface area contributed by atoms with Gasteiger partial charge in [-0.1, -0.05) is 29.4 Å². The molecule has 0 amide bonds. The predicted octanol–water partition coefficient (Wildman–Crippen LogP) is 2.58. The summed E-state index contributed by atoms with van der Waals surface area (Å²) in [4.78, 5) is 25.8. The van der Waals surface area contributed by atoms with Crippen molar-refractivity contribution in [3.05, 3.63) is 81.6 Å². The fourth-order valence-corrected chi connectivity index (χ4v) is 4.66. The van der Waals surface area contributed by atoms with Gasteiger partial charge >= 0.3 is 0 Å². The summed E-state index contributed by atoms with van der Waals surface area (Å²) in [6.07, 6.45) is 4.22. The highest BCUT2D eigenvalue weighted by molar-refractivity contribution is 5.76. The molecule has 3 heterocycles. The zero-order valence-electron chi connectivity index (χ0n) is 15.2. The summed E-state index contributed by atoms with van der Waals surface area (Å²) in [6, 6.07) is 10.4. The van der Waals surface area contributed by atoms with E-state index in [4.69, 9.17) is 4.52 Å². The maximum atomic E-state index is 12.8. The minimum Gasteiger partial charge on any atom is -0.337 e. The van der Waals surface area contributed by atoms with Gasteiger partial charge in [-0.2, -0.15) is 4.98 Å². The van der Waals surface area contributed by atoms with E-state index < -0.39 is 0 Å². The second kappa shape index (κ2) is 5.58. The number of pyridine rings is 1. The number of hydrogen-bond acceptors (Lipinski definition) is 6. The Morgan fingerprint density at radius 3 is 3.00 bits per heavy atom. The van der Waals surface area contributed by atoms with E-state index >= 15 is 0 Å². The molecule has 1 aromatic carbocycles. The smallest absolute Gasteiger partial charge is 0.263 e. The largest absolute Gasteiger partial charge is 0.337 e. The number of fused-ring (bicyclic) bond motifs is 4. The van der Waals surface area contributed by atoms with E-state index in [0.29, 0.717) is 34.7 Å². The molecule has 0 bridgehead atoms. The fourth-order valence-electron chi connectivity index (χ4n) is 4.66. The molecule has 0 saturated heterocycles. The lowest BCUT2D eigenvalue weighted by atomic mass is 10.0. The van der Waals surface area contributed by atoms with Crippen LogP contribution >= 0.6 is 0 Å². The Labute approximate surface area is 160 Å². The topological polar surface area (TPSA) is 86.7 Å². The quantitative estimate of drug-likeness (QED) is 0.550. The summed E-state index contributed by atoms with van der Waals surface area (Å²) in [5, 5.41) is 4.73. The zero-order chi connectivity index (χ0) is 18.8. The predicted molar refractivity (Wildman–Crippen MR) is 101 cm³/mol. The minimum absolute atomic E-state index is 0.146. The highest BCUT2D eigenvalue weighted by Gasteiger charge is 2.58. The Hall–Kier alpha value is -3.35. The van der Waals surface area contributed by atoms with Gasteiger partial charge in [0.15, 0.2) is 11.5 Å². The first-order valence-electron chi connectivity index (χ1n) is 9.42. The molecule has 2 aliphatic carbocycles. The van der Waals surface area contributed by atoms with Crippen LogP contribution in [0.1, 0.15) is 40.2 Å². The molecule has 3 aromatic heterocycles. The Kier molecular flexibility index (Phi) is 3.12. The van der Waals surface area contributed by atoms with Crippen LogP contribution < -0.4 is 5.56 Å². The SMILES string of the molecule is Cc1ccnc2ncn(Cc3nc(C4C5Cc6ccccc6C54)no3)c(=O)c12. The van der Waals surface area contributed by atoms with Gasteiger partial charge in [0.2, 0.25) is 5.89 Å². The van der Waals surface area contributed by atoms with Gasteiger partial charge in [0.05, 0.1) is 5.39 Å². The Morgan fingerprint density at radius 2 is 2.07 bits per heavy atom. The molecule has 3 unspecified atom stereocenters. The number of hydrogen-bond donors (Lipinski definition) is 0. The Balaban J connectivity index is 1.28. The van der Waals surface area contributed by atoms with Gasteiger partial charge < -0.3 is 4.52 Å². The average Bonchev–Trinajstić information content (AvgIpc) is 3.04. The first-order chi connectivity index (χ1) is 13.7. The molecule has 0 radical (unpaired) electrons. The van der Waals surface area contributed by atoms with Crippen LogP contribution in [0, 0.1) is 12.8 Å². The molecule has 0 spiro atoms. The van der Waals surface area contributed by atoms with E-state index in [-0.39, 0.29) is 12.1 Å². The highest BCUT2D eigenvalue weighted by Crippen LogP contribution is 2.65. The summed E-state index contributed by atoms with van der Waals surface area (Å²) >= 11 is 0. The fraction of sp³-hybridized carbons (Fsp3) is 0.286. The van der Waals surface area contributed by atoms with Crippen molar-refractivity contribution in [2.24, 2.45) is 5.92 Å². The van der Waals surface area contributed by atoms with Crippen molar-refractivity contribution >= 4 is 11.0 Å². The van der Waals surface area contributed by atoms with E-state index in [0.717, 1.165) is 17.8 Å². The molecule has 1 fully saturated rings. The lowest BCUT2D eigenvalue weighted by Crippen LogP contribution is -2.22. The van der Waals surface area contributed by atoms with E-state index in [1.165, 1.54) is 22.0 Å². The second-order valence-electron chi connectivity index (χ2n) is 7.67. The summed E-state index contributed by atoms with van der Waals surface area (Å²) in [6.45, 7) is 2.09. The van der Waals surface area contributed by atoms with Crippen LogP contribution in [-0.2, 0) is 13.0 Å². The molecule has 28 heavy (non-hydrogen) atoms. The van der Waals surface area contributed by atoms with Crippen LogP contribution in [0.4, 0.5) is 0 Å². The molecule has 7 heteroatoms. The van der Waals surface area contributed by atoms with Crippen LogP contribution in [0.3, 0.4) is 0 Å². The van der Waals surface area contributed by atoms with Crippen LogP contribution in [0.25, 0.3) is 11.0 Å². The molecule has 2 aliphatic rings. The van der Waals surface area contributed by atoms with Crippen molar-refractivity contribution in [3.63, 3.8) is 0 Å². The number of nitrogens with zero attached hydrogens (tertiary/aromatic N) is 5. The lowest BCUT2D eigenvalue weighted by molar-refractivity contribution is 0.364. The van der Waals surface area contributed by atoms with Crippen molar-refractivity contribution in [1.29, 1.82) is 0 Å². The molecular formula is C21H17N5O2. The molecule has 7 nitrogen and oxygen atoms in total. The van der Waals surface area contributed by atoms with Gasteiger partial charge in [-0.15, -0.1) is 0 Å². The number of aryl methyl sites for hydroxylation is 1. The third kappa shape index (κ3) is 2.19. The maximum absolute atomic E-state index is 12.8. The van der Waals surface area contributed by atoms with Crippen LogP contribution in [-0.4, -0.2) is 24.7 Å². The van der Waals surface area contributed by atoms with Crippen LogP contribution in [0.15, 0.2) is 52.2 Å². The molecular weight excluding hydrogens is 354 g/mol. The normalized spacial score (nSPS) is 22.2. The van der Waals surface area contributed by atoms with Gasteiger partial charge in [-0.25, -0.2) is 9.97 Å². The summed E-state index contributed by atoms with van der Waals surface area (Å²) < 4.78 is 6.95. The van der Waals surface area contributed by atoms with E-state index in [1.807, 2.05) is 13.0 Å². The van der Waals surface area contributed by atoms with E-state index in [9.17, 15) is 4.79 Å². The Bertz CT molecular complexity index is 1290. The van der Waals surface area contributed by atoms with Crippen LogP contribution in [0.5, 0.6) is 0 Å². The van der Waals surface area contributed by atoms with E-state index in [2.05, 4.69) is 44.4 Å². The molecule has 0 aliphatic heterocycles. The van der Waals surface area contributed by atoms with Crippen LogP contribution in [0.2, 0.25) is 0 Å². The zero-order valence-corrected chi connectivity index (χ0v) is 15.2. The number of benzene rings is 1. The molecule has 3 atom stereocenters. The summed E-state index contributed by atoms with van der Waals surface area (Å²) in [5.74, 6) is 2.57. The maximum Gasteiger partial charge on any atom is 0.263 e. The molecule has 138 valence electrons. The van der Waals surface area contributed by atoms with Crippen molar-refractivity contribution in [3.8, 4) is 0 Å². The molecule has 6 rings (SSSR count). The summed E-state index contributed by atoms with van der Waals surface area (Å²) in [7, 11) is 0. The monoisotopic (exact) mass is 371 g/mol. The van der Waals surface area contributed by atoms with Crippen molar-refractivity contribution < 1.29 is 4.52 Å². The van der Waals surface area contributed by atoms with Crippen molar-refractivity contribution in [2.75, 3.05) is 0 Å².